The molecule has 2 rings (SSSR count). The molecule has 116 valence electrons. The van der Waals surface area contributed by atoms with Crippen LogP contribution in [0.1, 0.15) is 22.5 Å². The summed E-state index contributed by atoms with van der Waals surface area (Å²) in [6.07, 6.45) is 2.00. The molecule has 6 nitrogen and oxygen atoms in total. The van der Waals surface area contributed by atoms with Gasteiger partial charge in [0, 0.05) is 13.2 Å². The second kappa shape index (κ2) is 7.53. The van der Waals surface area contributed by atoms with Crippen molar-refractivity contribution in [3.8, 4) is 0 Å². The first-order chi connectivity index (χ1) is 10.1. The summed E-state index contributed by atoms with van der Waals surface area (Å²) in [5, 5.41) is 13.7. The summed E-state index contributed by atoms with van der Waals surface area (Å²) in [5.74, 6) is -0.353. The second-order valence-corrected chi connectivity index (χ2v) is 6.05. The summed E-state index contributed by atoms with van der Waals surface area (Å²) in [4.78, 5) is 26.1. The number of ether oxygens (including phenoxy) is 1. The van der Waals surface area contributed by atoms with Crippen LogP contribution in [-0.4, -0.2) is 55.2 Å². The normalized spacial score (nSPS) is 19.2. The minimum Gasteiger partial charge on any atom is -0.465 e. The summed E-state index contributed by atoms with van der Waals surface area (Å²) < 4.78 is 4.68. The average Bonchev–Trinajstić information content (AvgIpc) is 2.94. The van der Waals surface area contributed by atoms with E-state index >= 15 is 0 Å². The molecule has 1 amide bonds. The van der Waals surface area contributed by atoms with Gasteiger partial charge in [-0.05, 0) is 36.8 Å². The number of anilines is 1. The largest absolute Gasteiger partial charge is 0.465 e. The lowest BCUT2D eigenvalue weighted by molar-refractivity contribution is -0.117. The zero-order valence-electron chi connectivity index (χ0n) is 12.0. The fourth-order valence-electron chi connectivity index (χ4n) is 2.50. The number of amides is 1. The van der Waals surface area contributed by atoms with E-state index in [4.69, 9.17) is 0 Å². The van der Waals surface area contributed by atoms with Crippen molar-refractivity contribution in [2.24, 2.45) is 5.92 Å². The van der Waals surface area contributed by atoms with E-state index in [1.165, 1.54) is 18.4 Å². The maximum atomic E-state index is 12.1. The Morgan fingerprint density at radius 1 is 1.57 bits per heavy atom. The van der Waals surface area contributed by atoms with Crippen LogP contribution in [0, 0.1) is 5.92 Å². The number of carbonyl (C=O) groups excluding carboxylic acids is 2. The molecule has 1 unspecified atom stereocenters. The van der Waals surface area contributed by atoms with Crippen LogP contribution in [0.2, 0.25) is 0 Å². The van der Waals surface area contributed by atoms with Crippen molar-refractivity contribution in [1.82, 2.24) is 4.90 Å². The maximum absolute atomic E-state index is 12.1. The third-order valence-electron chi connectivity index (χ3n) is 3.54. The SMILES string of the molecule is COC(=O)c1sccc1NC(=O)CN1CCCC(CO)C1. The fraction of sp³-hybridized carbons (Fsp3) is 0.571. The average molecular weight is 312 g/mol. The van der Waals surface area contributed by atoms with Gasteiger partial charge in [0.15, 0.2) is 0 Å². The number of hydrogen-bond acceptors (Lipinski definition) is 6. The van der Waals surface area contributed by atoms with Gasteiger partial charge in [-0.1, -0.05) is 0 Å². The van der Waals surface area contributed by atoms with Gasteiger partial charge in [-0.25, -0.2) is 4.79 Å². The Hall–Kier alpha value is -1.44. The predicted molar refractivity (Wildman–Crippen MR) is 80.5 cm³/mol. The lowest BCUT2D eigenvalue weighted by atomic mass is 9.99. The molecule has 0 saturated carbocycles. The van der Waals surface area contributed by atoms with Crippen LogP contribution < -0.4 is 5.32 Å². The molecule has 0 aromatic carbocycles. The minimum absolute atomic E-state index is 0.155. The first kappa shape index (κ1) is 15.9. The van der Waals surface area contributed by atoms with Crippen LogP contribution in [0.4, 0.5) is 5.69 Å². The van der Waals surface area contributed by atoms with E-state index in [0.29, 0.717) is 10.6 Å². The summed E-state index contributed by atoms with van der Waals surface area (Å²) in [7, 11) is 1.32. The van der Waals surface area contributed by atoms with Crippen LogP contribution in [-0.2, 0) is 9.53 Å². The minimum atomic E-state index is -0.446. The Bertz CT molecular complexity index is 503. The third kappa shape index (κ3) is 4.26. The fourth-order valence-corrected chi connectivity index (χ4v) is 3.26. The van der Waals surface area contributed by atoms with Crippen molar-refractivity contribution in [2.45, 2.75) is 12.8 Å². The topological polar surface area (TPSA) is 78.9 Å². The van der Waals surface area contributed by atoms with Crippen molar-refractivity contribution in [3.05, 3.63) is 16.3 Å². The molecule has 0 radical (unpaired) electrons. The van der Waals surface area contributed by atoms with Gasteiger partial charge in [0.1, 0.15) is 4.88 Å². The quantitative estimate of drug-likeness (QED) is 0.798. The second-order valence-electron chi connectivity index (χ2n) is 5.13. The number of methoxy groups -OCH3 is 1. The molecule has 1 aromatic rings. The number of carbonyl (C=O) groups is 2. The lowest BCUT2D eigenvalue weighted by Gasteiger charge is -2.31. The summed E-state index contributed by atoms with van der Waals surface area (Å²) in [6, 6.07) is 1.70. The van der Waals surface area contributed by atoms with Gasteiger partial charge in [-0.2, -0.15) is 0 Å². The van der Waals surface area contributed by atoms with Crippen LogP contribution >= 0.6 is 11.3 Å². The number of nitrogens with zero attached hydrogens (tertiary/aromatic N) is 1. The summed E-state index contributed by atoms with van der Waals surface area (Å²) >= 11 is 1.24. The highest BCUT2D eigenvalue weighted by molar-refractivity contribution is 7.12. The molecular weight excluding hydrogens is 292 g/mol. The zero-order valence-corrected chi connectivity index (χ0v) is 12.8. The third-order valence-corrected chi connectivity index (χ3v) is 4.43. The van der Waals surface area contributed by atoms with Crippen molar-refractivity contribution < 1.29 is 19.4 Å². The Morgan fingerprint density at radius 2 is 2.38 bits per heavy atom. The number of hydrogen-bond donors (Lipinski definition) is 2. The number of esters is 1. The number of aliphatic hydroxyl groups excluding tert-OH is 1. The molecule has 1 aliphatic rings. The Labute approximate surface area is 127 Å². The van der Waals surface area contributed by atoms with E-state index in [1.54, 1.807) is 11.4 Å². The smallest absolute Gasteiger partial charge is 0.350 e. The standard InChI is InChI=1S/C14H20N2O4S/c1-20-14(19)13-11(4-6-21-13)15-12(18)8-16-5-2-3-10(7-16)9-17/h4,6,10,17H,2-3,5,7-9H2,1H3,(H,15,18). The Kier molecular flexibility index (Phi) is 5.72. The number of nitrogens with one attached hydrogen (secondary N) is 1. The van der Waals surface area contributed by atoms with Crippen molar-refractivity contribution in [1.29, 1.82) is 0 Å². The van der Waals surface area contributed by atoms with Crippen molar-refractivity contribution in [3.63, 3.8) is 0 Å². The number of thiophene rings is 1. The molecule has 1 saturated heterocycles. The molecule has 0 spiro atoms. The van der Waals surface area contributed by atoms with E-state index in [9.17, 15) is 14.7 Å². The van der Waals surface area contributed by atoms with Gasteiger partial charge in [0.25, 0.3) is 0 Å². The molecule has 1 aliphatic heterocycles. The van der Waals surface area contributed by atoms with Gasteiger partial charge in [-0.3, -0.25) is 9.69 Å². The highest BCUT2D eigenvalue weighted by Gasteiger charge is 2.22. The van der Waals surface area contributed by atoms with E-state index in [1.807, 2.05) is 4.90 Å². The summed E-state index contributed by atoms with van der Waals surface area (Å²) in [5.41, 5.74) is 0.493. The Morgan fingerprint density at radius 3 is 3.10 bits per heavy atom. The first-order valence-corrected chi connectivity index (χ1v) is 7.81. The van der Waals surface area contributed by atoms with Crippen LogP contribution in [0.25, 0.3) is 0 Å². The van der Waals surface area contributed by atoms with Gasteiger partial charge >= 0.3 is 5.97 Å². The predicted octanol–water partition coefficient (Wildman–Crippen LogP) is 1.18. The van der Waals surface area contributed by atoms with Crippen molar-refractivity contribution >= 4 is 28.9 Å². The summed E-state index contributed by atoms with van der Waals surface area (Å²) in [6.45, 7) is 2.02. The number of likely N-dealkylation sites (tertiary alicyclic amines) is 1. The molecule has 1 aromatic heterocycles. The monoisotopic (exact) mass is 312 g/mol. The van der Waals surface area contributed by atoms with E-state index in [0.717, 1.165) is 25.9 Å². The highest BCUT2D eigenvalue weighted by Crippen LogP contribution is 2.23. The molecule has 1 fully saturated rings. The zero-order chi connectivity index (χ0) is 15.2. The van der Waals surface area contributed by atoms with E-state index < -0.39 is 5.97 Å². The molecule has 2 heterocycles. The van der Waals surface area contributed by atoms with Gasteiger partial charge in [0.2, 0.25) is 5.91 Å². The molecule has 7 heteroatoms. The van der Waals surface area contributed by atoms with E-state index in [-0.39, 0.29) is 25.0 Å². The molecular formula is C14H20N2O4S. The molecule has 0 aliphatic carbocycles. The number of piperidine rings is 1. The van der Waals surface area contributed by atoms with Gasteiger partial charge in [0.05, 0.1) is 19.3 Å². The number of aliphatic hydroxyl groups is 1. The molecule has 21 heavy (non-hydrogen) atoms. The molecule has 1 atom stereocenters. The van der Waals surface area contributed by atoms with E-state index in [2.05, 4.69) is 10.1 Å². The highest BCUT2D eigenvalue weighted by atomic mass is 32.1. The lowest BCUT2D eigenvalue weighted by Crippen LogP contribution is -2.41. The molecule has 2 N–H and O–H groups in total. The van der Waals surface area contributed by atoms with Crippen molar-refractivity contribution in [2.75, 3.05) is 38.7 Å². The van der Waals surface area contributed by atoms with Gasteiger partial charge in [-0.15, -0.1) is 11.3 Å². The van der Waals surface area contributed by atoms with Crippen LogP contribution in [0.5, 0.6) is 0 Å². The van der Waals surface area contributed by atoms with Crippen LogP contribution in [0.3, 0.4) is 0 Å². The Balaban J connectivity index is 1.90. The molecule has 0 bridgehead atoms. The maximum Gasteiger partial charge on any atom is 0.350 e. The van der Waals surface area contributed by atoms with Gasteiger partial charge < -0.3 is 15.2 Å². The first-order valence-electron chi connectivity index (χ1n) is 6.93. The number of rotatable bonds is 5. The van der Waals surface area contributed by atoms with Crippen LogP contribution in [0.15, 0.2) is 11.4 Å².